The zero-order valence-electron chi connectivity index (χ0n) is 16.7. The quantitative estimate of drug-likeness (QED) is 0.715. The van der Waals surface area contributed by atoms with Crippen molar-refractivity contribution in [2.24, 2.45) is 0 Å². The number of carbonyl (C=O) groups is 2. The Balaban J connectivity index is 1.72. The van der Waals surface area contributed by atoms with Gasteiger partial charge in [-0.15, -0.1) is 0 Å². The SMILES string of the molecule is CS(=O)(=O)c1cccc(C(=O)N2CCCN(C(=O)c3cccc(C(F)(F)F)c3)CC2)c1. The Morgan fingerprint density at radius 3 is 1.87 bits per heavy atom. The second kappa shape index (κ2) is 8.70. The summed E-state index contributed by atoms with van der Waals surface area (Å²) in [6.07, 6.45) is -3.04. The highest BCUT2D eigenvalue weighted by Gasteiger charge is 2.31. The molecule has 0 aliphatic carbocycles. The third kappa shape index (κ3) is 5.43. The van der Waals surface area contributed by atoms with Gasteiger partial charge in [-0.2, -0.15) is 13.2 Å². The minimum Gasteiger partial charge on any atom is -0.337 e. The number of benzene rings is 2. The number of carbonyl (C=O) groups excluding carboxylic acids is 2. The summed E-state index contributed by atoms with van der Waals surface area (Å²) in [6, 6.07) is 9.99. The van der Waals surface area contributed by atoms with Crippen molar-refractivity contribution in [1.29, 1.82) is 0 Å². The van der Waals surface area contributed by atoms with Crippen LogP contribution in [0.15, 0.2) is 53.4 Å². The molecule has 0 spiro atoms. The van der Waals surface area contributed by atoms with Crippen molar-refractivity contribution >= 4 is 21.7 Å². The highest BCUT2D eigenvalue weighted by molar-refractivity contribution is 7.90. The first-order chi connectivity index (χ1) is 14.5. The monoisotopic (exact) mass is 454 g/mol. The van der Waals surface area contributed by atoms with Gasteiger partial charge in [-0.1, -0.05) is 12.1 Å². The molecule has 3 rings (SSSR count). The van der Waals surface area contributed by atoms with E-state index in [9.17, 15) is 31.2 Å². The van der Waals surface area contributed by atoms with Crippen LogP contribution >= 0.6 is 0 Å². The van der Waals surface area contributed by atoms with E-state index in [0.717, 1.165) is 18.4 Å². The summed E-state index contributed by atoms with van der Waals surface area (Å²) < 4.78 is 62.3. The van der Waals surface area contributed by atoms with E-state index in [1.54, 1.807) is 0 Å². The molecule has 2 aromatic carbocycles. The number of nitrogens with zero attached hydrogens (tertiary/aromatic N) is 2. The van der Waals surface area contributed by atoms with Crippen molar-refractivity contribution in [3.8, 4) is 0 Å². The lowest BCUT2D eigenvalue weighted by atomic mass is 10.1. The zero-order valence-corrected chi connectivity index (χ0v) is 17.5. The van der Waals surface area contributed by atoms with Gasteiger partial charge in [-0.05, 0) is 42.8 Å². The molecule has 31 heavy (non-hydrogen) atoms. The van der Waals surface area contributed by atoms with Crippen LogP contribution in [0.2, 0.25) is 0 Å². The predicted octanol–water partition coefficient (Wildman–Crippen LogP) is 3.10. The van der Waals surface area contributed by atoms with E-state index in [1.165, 1.54) is 46.2 Å². The topological polar surface area (TPSA) is 74.8 Å². The molecular weight excluding hydrogens is 433 g/mol. The van der Waals surface area contributed by atoms with Crippen LogP contribution < -0.4 is 0 Å². The number of amides is 2. The Bertz CT molecular complexity index is 1100. The van der Waals surface area contributed by atoms with Gasteiger partial charge in [0.15, 0.2) is 9.84 Å². The number of rotatable bonds is 3. The number of halogens is 3. The maximum atomic E-state index is 12.9. The standard InChI is InChI=1S/C21H21F3N2O4S/c1-31(29,30)18-8-3-6-16(14-18)20(28)26-10-4-9-25(11-12-26)19(27)15-5-2-7-17(13-15)21(22,23)24/h2-3,5-8,13-14H,4,9-12H2,1H3. The normalized spacial score (nSPS) is 15.5. The Morgan fingerprint density at radius 2 is 1.35 bits per heavy atom. The second-order valence-corrected chi connectivity index (χ2v) is 9.33. The fraction of sp³-hybridized carbons (Fsp3) is 0.333. The number of hydrogen-bond acceptors (Lipinski definition) is 4. The summed E-state index contributed by atoms with van der Waals surface area (Å²) >= 11 is 0. The van der Waals surface area contributed by atoms with Crippen LogP contribution in [0, 0.1) is 0 Å². The molecule has 1 aliphatic heterocycles. The Kier molecular flexibility index (Phi) is 6.40. The van der Waals surface area contributed by atoms with Gasteiger partial charge in [0.1, 0.15) is 0 Å². The van der Waals surface area contributed by atoms with Crippen LogP contribution in [0.3, 0.4) is 0 Å². The Labute approximate surface area is 178 Å². The largest absolute Gasteiger partial charge is 0.416 e. The first kappa shape index (κ1) is 22.8. The summed E-state index contributed by atoms with van der Waals surface area (Å²) in [7, 11) is -3.47. The van der Waals surface area contributed by atoms with Crippen LogP contribution in [-0.2, 0) is 16.0 Å². The molecule has 2 aromatic rings. The maximum absolute atomic E-state index is 12.9. The molecule has 166 valence electrons. The van der Waals surface area contributed by atoms with E-state index in [-0.39, 0.29) is 35.0 Å². The molecule has 0 radical (unpaired) electrons. The van der Waals surface area contributed by atoms with E-state index in [1.807, 2.05) is 0 Å². The molecular formula is C21H21F3N2O4S. The van der Waals surface area contributed by atoms with Crippen LogP contribution in [0.5, 0.6) is 0 Å². The molecule has 0 bridgehead atoms. The molecule has 0 atom stereocenters. The first-order valence-electron chi connectivity index (χ1n) is 9.53. The predicted molar refractivity (Wildman–Crippen MR) is 107 cm³/mol. The van der Waals surface area contributed by atoms with E-state index in [4.69, 9.17) is 0 Å². The molecule has 1 aliphatic rings. The highest BCUT2D eigenvalue weighted by Crippen LogP contribution is 2.29. The summed E-state index contributed by atoms with van der Waals surface area (Å²) in [6.45, 7) is 0.982. The fourth-order valence-electron chi connectivity index (χ4n) is 3.38. The lowest BCUT2D eigenvalue weighted by molar-refractivity contribution is -0.137. The summed E-state index contributed by atoms with van der Waals surface area (Å²) in [5.41, 5.74) is -0.730. The van der Waals surface area contributed by atoms with Gasteiger partial charge in [-0.3, -0.25) is 9.59 Å². The number of hydrogen-bond donors (Lipinski definition) is 0. The zero-order chi connectivity index (χ0) is 22.8. The molecule has 0 aromatic heterocycles. The van der Waals surface area contributed by atoms with E-state index >= 15 is 0 Å². The maximum Gasteiger partial charge on any atom is 0.416 e. The van der Waals surface area contributed by atoms with Gasteiger partial charge in [0.25, 0.3) is 11.8 Å². The molecule has 6 nitrogen and oxygen atoms in total. The third-order valence-corrected chi connectivity index (χ3v) is 6.13. The molecule has 0 saturated carbocycles. The highest BCUT2D eigenvalue weighted by atomic mass is 32.2. The van der Waals surface area contributed by atoms with Crippen molar-refractivity contribution in [3.05, 3.63) is 65.2 Å². The lowest BCUT2D eigenvalue weighted by Gasteiger charge is -2.23. The Morgan fingerprint density at radius 1 is 0.839 bits per heavy atom. The van der Waals surface area contributed by atoms with Gasteiger partial charge in [0.2, 0.25) is 0 Å². The average molecular weight is 454 g/mol. The first-order valence-corrected chi connectivity index (χ1v) is 11.4. The van der Waals surface area contributed by atoms with Crippen molar-refractivity contribution in [2.75, 3.05) is 32.4 Å². The van der Waals surface area contributed by atoms with Gasteiger partial charge in [0, 0.05) is 43.6 Å². The van der Waals surface area contributed by atoms with Gasteiger partial charge < -0.3 is 9.80 Å². The minimum absolute atomic E-state index is 0.0366. The average Bonchev–Trinajstić information content (AvgIpc) is 2.98. The van der Waals surface area contributed by atoms with Gasteiger partial charge in [0.05, 0.1) is 10.5 Å². The molecule has 1 heterocycles. The second-order valence-electron chi connectivity index (χ2n) is 7.32. The van der Waals surface area contributed by atoms with Crippen molar-refractivity contribution in [2.45, 2.75) is 17.5 Å². The lowest BCUT2D eigenvalue weighted by Crippen LogP contribution is -2.37. The van der Waals surface area contributed by atoms with Crippen LogP contribution in [0.1, 0.15) is 32.7 Å². The third-order valence-electron chi connectivity index (χ3n) is 5.02. The molecule has 0 N–H and O–H groups in total. The summed E-state index contributed by atoms with van der Waals surface area (Å²) in [5.74, 6) is -0.890. The summed E-state index contributed by atoms with van der Waals surface area (Å²) in [5, 5.41) is 0. The van der Waals surface area contributed by atoms with Crippen molar-refractivity contribution < 1.29 is 31.2 Å². The molecule has 10 heteroatoms. The van der Waals surface area contributed by atoms with E-state index in [0.29, 0.717) is 19.5 Å². The van der Waals surface area contributed by atoms with Crippen LogP contribution in [0.25, 0.3) is 0 Å². The number of alkyl halides is 3. The van der Waals surface area contributed by atoms with Crippen LogP contribution in [0.4, 0.5) is 13.2 Å². The molecule has 1 saturated heterocycles. The molecule has 1 fully saturated rings. The van der Waals surface area contributed by atoms with E-state index in [2.05, 4.69) is 0 Å². The Hall–Kier alpha value is -2.88. The van der Waals surface area contributed by atoms with Crippen molar-refractivity contribution in [3.63, 3.8) is 0 Å². The van der Waals surface area contributed by atoms with E-state index < -0.39 is 27.5 Å². The van der Waals surface area contributed by atoms with Gasteiger partial charge in [-0.25, -0.2) is 8.42 Å². The van der Waals surface area contributed by atoms with Crippen LogP contribution in [-0.4, -0.2) is 62.5 Å². The number of sulfone groups is 1. The molecule has 0 unspecified atom stereocenters. The summed E-state index contributed by atoms with van der Waals surface area (Å²) in [4.78, 5) is 28.5. The fourth-order valence-corrected chi connectivity index (χ4v) is 4.04. The van der Waals surface area contributed by atoms with Crippen molar-refractivity contribution in [1.82, 2.24) is 9.80 Å². The smallest absolute Gasteiger partial charge is 0.337 e. The molecule has 2 amide bonds. The minimum atomic E-state index is -4.54. The van der Waals surface area contributed by atoms with Gasteiger partial charge >= 0.3 is 6.18 Å².